The van der Waals surface area contributed by atoms with Crippen LogP contribution in [-0.2, 0) is 9.59 Å². The van der Waals surface area contributed by atoms with Crippen LogP contribution in [0.1, 0.15) is 37.7 Å². The molecule has 19 heavy (non-hydrogen) atoms. The molecule has 0 aromatic heterocycles. The lowest BCUT2D eigenvalue weighted by molar-refractivity contribution is -0.116. The summed E-state index contributed by atoms with van der Waals surface area (Å²) in [6.07, 6.45) is 4.27. The summed E-state index contributed by atoms with van der Waals surface area (Å²) in [5, 5.41) is 2.84. The number of fused-ring (bicyclic) bond motifs is 1. The van der Waals surface area contributed by atoms with E-state index in [-0.39, 0.29) is 11.7 Å². The van der Waals surface area contributed by atoms with Crippen LogP contribution in [0.2, 0.25) is 0 Å². The Labute approximate surface area is 120 Å². The molecule has 0 unspecified atom stereocenters. The van der Waals surface area contributed by atoms with E-state index in [0.29, 0.717) is 24.0 Å². The number of hydrogen-bond donors (Lipinski definition) is 1. The number of benzene rings is 1. The molecule has 4 heteroatoms. The third-order valence-electron chi connectivity index (χ3n) is 3.70. The second-order valence-corrected chi connectivity index (χ2v) is 5.90. The molecule has 1 amide bonds. The van der Waals surface area contributed by atoms with E-state index < -0.39 is 0 Å². The summed E-state index contributed by atoms with van der Waals surface area (Å²) >= 11 is 3.42. The monoisotopic (exact) mass is 319 g/mol. The van der Waals surface area contributed by atoms with Crippen molar-refractivity contribution >= 4 is 38.9 Å². The fourth-order valence-electron chi connectivity index (χ4n) is 2.76. The van der Waals surface area contributed by atoms with Crippen molar-refractivity contribution in [2.24, 2.45) is 0 Å². The highest BCUT2D eigenvalue weighted by atomic mass is 79.9. The first-order valence-corrected chi connectivity index (χ1v) is 7.34. The Morgan fingerprint density at radius 1 is 1.05 bits per heavy atom. The Morgan fingerprint density at radius 3 is 2.68 bits per heavy atom. The molecule has 1 N–H and O–H groups in total. The Hall–Kier alpha value is -1.42. The smallest absolute Gasteiger partial charge is 0.256 e. The largest absolute Gasteiger partial charge is 0.321 e. The molecule has 2 aliphatic rings. The van der Waals surface area contributed by atoms with Crippen molar-refractivity contribution in [3.05, 3.63) is 33.8 Å². The first-order valence-electron chi connectivity index (χ1n) is 6.54. The van der Waals surface area contributed by atoms with Gasteiger partial charge in [-0.1, -0.05) is 22.4 Å². The number of halogens is 1. The zero-order valence-electron chi connectivity index (χ0n) is 10.5. The Bertz CT molecular complexity index is 604. The van der Waals surface area contributed by atoms with Crippen LogP contribution in [0.3, 0.4) is 0 Å². The van der Waals surface area contributed by atoms with Gasteiger partial charge >= 0.3 is 0 Å². The summed E-state index contributed by atoms with van der Waals surface area (Å²) in [5.74, 6) is -0.00572. The normalized spacial score (nSPS) is 23.0. The van der Waals surface area contributed by atoms with Crippen LogP contribution in [0, 0.1) is 0 Å². The van der Waals surface area contributed by atoms with E-state index in [4.69, 9.17) is 0 Å². The number of anilines is 1. The number of carbonyl (C=O) groups excluding carboxylic acids is 2. The van der Waals surface area contributed by atoms with E-state index in [2.05, 4.69) is 21.2 Å². The molecule has 98 valence electrons. The molecule has 1 saturated carbocycles. The van der Waals surface area contributed by atoms with E-state index in [1.54, 1.807) is 0 Å². The van der Waals surface area contributed by atoms with Gasteiger partial charge in [-0.25, -0.2) is 0 Å². The highest BCUT2D eigenvalue weighted by Gasteiger charge is 2.30. The standard InChI is InChI=1S/C15H14BrNO2/c16-9-6-7-12-11(8-9)14(15(19)17-12)10-4-2-1-3-5-13(10)18/h6-8H,1-5H2,(H,17,19). The Balaban J connectivity index is 2.16. The van der Waals surface area contributed by atoms with E-state index in [1.165, 1.54) is 0 Å². The maximum atomic E-state index is 12.2. The summed E-state index contributed by atoms with van der Waals surface area (Å²) in [7, 11) is 0. The molecule has 0 saturated heterocycles. The number of nitrogens with one attached hydrogen (secondary N) is 1. The molecule has 3 nitrogen and oxygen atoms in total. The molecular formula is C15H14BrNO2. The molecule has 3 rings (SSSR count). The SMILES string of the molecule is O=C1CCCCCC1=C1C(=O)Nc2ccc(Br)cc21. The number of hydrogen-bond acceptors (Lipinski definition) is 2. The van der Waals surface area contributed by atoms with Crippen LogP contribution in [0.4, 0.5) is 5.69 Å². The fraction of sp³-hybridized carbons (Fsp3) is 0.333. The van der Waals surface area contributed by atoms with Gasteiger partial charge in [0.05, 0.1) is 5.57 Å². The number of ketones is 1. The highest BCUT2D eigenvalue weighted by molar-refractivity contribution is 9.10. The van der Waals surface area contributed by atoms with E-state index in [0.717, 1.165) is 35.0 Å². The van der Waals surface area contributed by atoms with Crippen molar-refractivity contribution in [1.29, 1.82) is 0 Å². The number of allylic oxidation sites excluding steroid dienone is 1. The summed E-state index contributed by atoms with van der Waals surface area (Å²) in [6.45, 7) is 0. The van der Waals surface area contributed by atoms with Crippen LogP contribution in [-0.4, -0.2) is 11.7 Å². The lowest BCUT2D eigenvalue weighted by Crippen LogP contribution is -2.10. The van der Waals surface area contributed by atoms with Crippen LogP contribution in [0.5, 0.6) is 0 Å². The number of Topliss-reactive ketones (excluding diaryl/α,β-unsaturated/α-hetero) is 1. The summed E-state index contributed by atoms with van der Waals surface area (Å²) in [6, 6.07) is 5.67. The van der Waals surface area contributed by atoms with E-state index in [1.807, 2.05) is 18.2 Å². The van der Waals surface area contributed by atoms with Crippen LogP contribution in [0.15, 0.2) is 28.2 Å². The van der Waals surface area contributed by atoms with Gasteiger partial charge in [0, 0.05) is 27.7 Å². The lowest BCUT2D eigenvalue weighted by Gasteiger charge is -2.06. The highest BCUT2D eigenvalue weighted by Crippen LogP contribution is 2.38. The molecule has 1 aliphatic carbocycles. The maximum Gasteiger partial charge on any atom is 0.256 e. The average Bonchev–Trinajstić information content (AvgIpc) is 2.55. The Kier molecular flexibility index (Phi) is 3.27. The fourth-order valence-corrected chi connectivity index (χ4v) is 3.12. The zero-order valence-corrected chi connectivity index (χ0v) is 12.0. The summed E-state index contributed by atoms with van der Waals surface area (Å²) < 4.78 is 0.918. The van der Waals surface area contributed by atoms with Gasteiger partial charge < -0.3 is 5.32 Å². The van der Waals surface area contributed by atoms with Gasteiger partial charge in [0.15, 0.2) is 5.78 Å². The average molecular weight is 320 g/mol. The van der Waals surface area contributed by atoms with Crippen LogP contribution >= 0.6 is 15.9 Å². The van der Waals surface area contributed by atoms with Crippen molar-refractivity contribution < 1.29 is 9.59 Å². The number of carbonyl (C=O) groups is 2. The second-order valence-electron chi connectivity index (χ2n) is 4.98. The summed E-state index contributed by atoms with van der Waals surface area (Å²) in [5.41, 5.74) is 2.95. The molecule has 1 heterocycles. The van der Waals surface area contributed by atoms with Gasteiger partial charge in [-0.3, -0.25) is 9.59 Å². The van der Waals surface area contributed by atoms with Gasteiger partial charge in [-0.05, 0) is 37.5 Å². The Morgan fingerprint density at radius 2 is 1.84 bits per heavy atom. The summed E-state index contributed by atoms with van der Waals surface area (Å²) in [4.78, 5) is 24.4. The van der Waals surface area contributed by atoms with Crippen molar-refractivity contribution in [3.63, 3.8) is 0 Å². The van der Waals surface area contributed by atoms with E-state index >= 15 is 0 Å². The molecule has 0 radical (unpaired) electrons. The lowest BCUT2D eigenvalue weighted by atomic mass is 9.95. The predicted octanol–water partition coefficient (Wildman–Crippen LogP) is 3.69. The molecule has 1 aliphatic heterocycles. The molecule has 0 bridgehead atoms. The van der Waals surface area contributed by atoms with Gasteiger partial charge in [0.1, 0.15) is 0 Å². The van der Waals surface area contributed by atoms with Gasteiger partial charge in [0.2, 0.25) is 0 Å². The minimum absolute atomic E-state index is 0.135. The van der Waals surface area contributed by atoms with E-state index in [9.17, 15) is 9.59 Å². The predicted molar refractivity (Wildman–Crippen MR) is 77.8 cm³/mol. The molecule has 0 atom stereocenters. The minimum atomic E-state index is -0.140. The quantitative estimate of drug-likeness (QED) is 0.585. The molecular weight excluding hydrogens is 306 g/mol. The van der Waals surface area contributed by atoms with Crippen molar-refractivity contribution in [2.45, 2.75) is 32.1 Å². The third kappa shape index (κ3) is 2.25. The van der Waals surface area contributed by atoms with Gasteiger partial charge in [-0.2, -0.15) is 0 Å². The number of rotatable bonds is 0. The second kappa shape index (κ2) is 4.93. The maximum absolute atomic E-state index is 12.2. The molecule has 1 aromatic carbocycles. The van der Waals surface area contributed by atoms with Crippen LogP contribution < -0.4 is 5.32 Å². The van der Waals surface area contributed by atoms with Crippen molar-refractivity contribution in [1.82, 2.24) is 0 Å². The van der Waals surface area contributed by atoms with Crippen molar-refractivity contribution in [2.75, 3.05) is 5.32 Å². The van der Waals surface area contributed by atoms with Gasteiger partial charge in [-0.15, -0.1) is 0 Å². The van der Waals surface area contributed by atoms with Gasteiger partial charge in [0.25, 0.3) is 5.91 Å². The topological polar surface area (TPSA) is 46.2 Å². The first-order chi connectivity index (χ1) is 9.16. The first kappa shape index (κ1) is 12.6. The minimum Gasteiger partial charge on any atom is -0.321 e. The molecule has 0 spiro atoms. The third-order valence-corrected chi connectivity index (χ3v) is 4.19. The van der Waals surface area contributed by atoms with Crippen molar-refractivity contribution in [3.8, 4) is 0 Å². The molecule has 1 aromatic rings. The molecule has 1 fully saturated rings. The van der Waals surface area contributed by atoms with Crippen LogP contribution in [0.25, 0.3) is 5.57 Å². The zero-order chi connectivity index (χ0) is 13.4. The number of amides is 1.